The summed E-state index contributed by atoms with van der Waals surface area (Å²) in [5, 5.41) is 12.1. The van der Waals surface area contributed by atoms with Gasteiger partial charge in [-0.25, -0.2) is 0 Å². The van der Waals surface area contributed by atoms with E-state index >= 15 is 0 Å². The number of nitrogens with zero attached hydrogens (tertiary/aromatic N) is 1. The molecular weight excluding hydrogens is 485 g/mol. The number of halogens is 3. The number of methoxy groups -OCH3 is 1. The number of aliphatic hydroxyl groups is 1. The second-order valence-electron chi connectivity index (χ2n) is 7.53. The molecule has 1 saturated heterocycles. The summed E-state index contributed by atoms with van der Waals surface area (Å²) in [6.45, 7) is 1.90. The molecule has 1 N–H and O–H groups in total. The van der Waals surface area contributed by atoms with Crippen LogP contribution < -0.4 is 9.64 Å². The van der Waals surface area contributed by atoms with Gasteiger partial charge in [0.1, 0.15) is 11.5 Å². The van der Waals surface area contributed by atoms with Crippen LogP contribution in [0.3, 0.4) is 0 Å². The summed E-state index contributed by atoms with van der Waals surface area (Å²) in [5.74, 6) is -1.62. The number of benzene rings is 3. The third-order valence-electron chi connectivity index (χ3n) is 5.41. The first-order chi connectivity index (χ1) is 15.7. The van der Waals surface area contributed by atoms with Crippen molar-refractivity contribution in [2.24, 2.45) is 0 Å². The molecule has 3 aromatic carbocycles. The van der Waals surface area contributed by atoms with E-state index in [1.807, 2.05) is 25.1 Å². The van der Waals surface area contributed by atoms with Crippen molar-refractivity contribution in [3.05, 3.63) is 98.0 Å². The zero-order chi connectivity index (χ0) is 23.9. The number of anilines is 1. The first-order valence-corrected chi connectivity index (χ1v) is 11.0. The highest BCUT2D eigenvalue weighted by Gasteiger charge is 2.47. The number of amides is 1. The van der Waals surface area contributed by atoms with E-state index < -0.39 is 17.7 Å². The van der Waals surface area contributed by atoms with Crippen molar-refractivity contribution in [1.29, 1.82) is 0 Å². The van der Waals surface area contributed by atoms with Crippen LogP contribution in [0.5, 0.6) is 5.75 Å². The Bertz CT molecular complexity index is 1320. The van der Waals surface area contributed by atoms with E-state index in [4.69, 9.17) is 39.5 Å². The molecule has 0 bridgehead atoms. The number of aryl methyl sites for hydroxylation is 1. The van der Waals surface area contributed by atoms with Crippen LogP contribution in [0.15, 0.2) is 66.2 Å². The van der Waals surface area contributed by atoms with E-state index in [0.29, 0.717) is 32.6 Å². The zero-order valence-corrected chi connectivity index (χ0v) is 19.9. The minimum absolute atomic E-state index is 0.0546. The third-order valence-corrected chi connectivity index (χ3v) is 6.46. The van der Waals surface area contributed by atoms with Crippen molar-refractivity contribution in [3.8, 4) is 5.75 Å². The van der Waals surface area contributed by atoms with Gasteiger partial charge in [0, 0.05) is 11.3 Å². The number of ether oxygens (including phenoxy) is 1. The standard InChI is InChI=1S/C25H18Cl3NO4/c1-13-4-3-5-14(10-13)22-21(23(30)15-6-8-18(27)20(11-15)33-2)24(31)25(32)29(22)16-7-9-17(26)19(28)12-16/h3-12,22,30H,1-2H3/b23-21+. The number of hydrogen-bond acceptors (Lipinski definition) is 4. The molecule has 0 aromatic heterocycles. The second kappa shape index (κ2) is 9.10. The Morgan fingerprint density at radius 2 is 1.67 bits per heavy atom. The molecule has 1 heterocycles. The molecule has 1 aliphatic rings. The number of Topliss-reactive ketones (excluding diaryl/α,β-unsaturated/α-hetero) is 1. The first-order valence-electron chi connectivity index (χ1n) is 9.89. The van der Waals surface area contributed by atoms with Crippen LogP contribution in [-0.4, -0.2) is 23.9 Å². The van der Waals surface area contributed by atoms with Crippen molar-refractivity contribution >= 4 is 57.9 Å². The molecule has 1 unspecified atom stereocenters. The van der Waals surface area contributed by atoms with Crippen molar-refractivity contribution in [2.75, 3.05) is 12.0 Å². The quantitative estimate of drug-likeness (QED) is 0.248. The van der Waals surface area contributed by atoms with Gasteiger partial charge >= 0.3 is 0 Å². The van der Waals surface area contributed by atoms with Gasteiger partial charge in [0.15, 0.2) is 0 Å². The molecule has 0 aliphatic carbocycles. The van der Waals surface area contributed by atoms with E-state index in [1.165, 1.54) is 24.1 Å². The predicted octanol–water partition coefficient (Wildman–Crippen LogP) is 6.59. The van der Waals surface area contributed by atoms with E-state index in [-0.39, 0.29) is 16.4 Å². The van der Waals surface area contributed by atoms with Gasteiger partial charge in [-0.15, -0.1) is 0 Å². The first kappa shape index (κ1) is 23.2. The highest BCUT2D eigenvalue weighted by molar-refractivity contribution is 6.52. The summed E-state index contributed by atoms with van der Waals surface area (Å²) < 4.78 is 5.23. The largest absolute Gasteiger partial charge is 0.507 e. The summed E-state index contributed by atoms with van der Waals surface area (Å²) in [7, 11) is 1.45. The van der Waals surface area contributed by atoms with Gasteiger partial charge in [0.05, 0.1) is 33.8 Å². The summed E-state index contributed by atoms with van der Waals surface area (Å²) in [6.07, 6.45) is 0. The second-order valence-corrected chi connectivity index (χ2v) is 8.75. The molecule has 1 atom stereocenters. The van der Waals surface area contributed by atoms with Crippen LogP contribution in [-0.2, 0) is 9.59 Å². The normalized spacial score (nSPS) is 17.5. The van der Waals surface area contributed by atoms with E-state index in [0.717, 1.165) is 5.56 Å². The molecule has 1 amide bonds. The monoisotopic (exact) mass is 501 g/mol. The molecule has 4 rings (SSSR count). The molecule has 168 valence electrons. The van der Waals surface area contributed by atoms with Crippen LogP contribution in [0.1, 0.15) is 22.7 Å². The maximum absolute atomic E-state index is 13.2. The number of ketones is 1. The summed E-state index contributed by atoms with van der Waals surface area (Å²) in [5.41, 5.74) is 2.20. The van der Waals surface area contributed by atoms with Gasteiger partial charge in [-0.1, -0.05) is 64.6 Å². The lowest BCUT2D eigenvalue weighted by molar-refractivity contribution is -0.132. The lowest BCUT2D eigenvalue weighted by atomic mass is 9.94. The van der Waals surface area contributed by atoms with Crippen LogP contribution in [0.4, 0.5) is 5.69 Å². The lowest BCUT2D eigenvalue weighted by Crippen LogP contribution is -2.29. The molecular formula is C25H18Cl3NO4. The summed E-state index contributed by atoms with van der Waals surface area (Å²) >= 11 is 18.4. The van der Waals surface area contributed by atoms with Gasteiger partial charge in [-0.05, 0) is 48.9 Å². The van der Waals surface area contributed by atoms with Gasteiger partial charge in [-0.3, -0.25) is 14.5 Å². The molecule has 33 heavy (non-hydrogen) atoms. The SMILES string of the molecule is COc1cc(/C(O)=C2\C(=O)C(=O)N(c3ccc(Cl)c(Cl)c3)C2c2cccc(C)c2)ccc1Cl. The Hall–Kier alpha value is -2.99. The average molecular weight is 503 g/mol. The highest BCUT2D eigenvalue weighted by Crippen LogP contribution is 2.44. The molecule has 0 radical (unpaired) electrons. The number of carbonyl (C=O) groups excluding carboxylic acids is 2. The molecule has 8 heteroatoms. The predicted molar refractivity (Wildman–Crippen MR) is 130 cm³/mol. The van der Waals surface area contributed by atoms with Crippen molar-refractivity contribution in [2.45, 2.75) is 13.0 Å². The summed E-state index contributed by atoms with van der Waals surface area (Å²) in [4.78, 5) is 27.7. The third kappa shape index (κ3) is 4.20. The number of aliphatic hydroxyl groups excluding tert-OH is 1. The Morgan fingerprint density at radius 3 is 2.33 bits per heavy atom. The molecule has 1 fully saturated rings. The molecule has 0 saturated carbocycles. The maximum atomic E-state index is 13.2. The van der Waals surface area contributed by atoms with Gasteiger partial charge in [0.25, 0.3) is 11.7 Å². The maximum Gasteiger partial charge on any atom is 0.300 e. The fraction of sp³-hybridized carbons (Fsp3) is 0.120. The average Bonchev–Trinajstić information content (AvgIpc) is 3.06. The van der Waals surface area contributed by atoms with Gasteiger partial charge < -0.3 is 9.84 Å². The minimum atomic E-state index is -0.885. The number of rotatable bonds is 4. The smallest absolute Gasteiger partial charge is 0.300 e. The summed E-state index contributed by atoms with van der Waals surface area (Å²) in [6, 6.07) is 15.8. The topological polar surface area (TPSA) is 66.8 Å². The number of carbonyl (C=O) groups is 2. The highest BCUT2D eigenvalue weighted by atomic mass is 35.5. The molecule has 1 aliphatic heterocycles. The van der Waals surface area contributed by atoms with E-state index in [1.54, 1.807) is 30.3 Å². The Morgan fingerprint density at radius 1 is 0.939 bits per heavy atom. The van der Waals surface area contributed by atoms with E-state index in [2.05, 4.69) is 0 Å². The van der Waals surface area contributed by atoms with Gasteiger partial charge in [-0.2, -0.15) is 0 Å². The Kier molecular flexibility index (Phi) is 6.39. The van der Waals surface area contributed by atoms with Crippen LogP contribution in [0.2, 0.25) is 15.1 Å². The van der Waals surface area contributed by atoms with Crippen LogP contribution in [0, 0.1) is 6.92 Å². The van der Waals surface area contributed by atoms with Crippen LogP contribution in [0.25, 0.3) is 5.76 Å². The number of hydrogen-bond donors (Lipinski definition) is 1. The lowest BCUT2D eigenvalue weighted by Gasteiger charge is -2.26. The fourth-order valence-electron chi connectivity index (χ4n) is 3.85. The molecule has 5 nitrogen and oxygen atoms in total. The fourth-order valence-corrected chi connectivity index (χ4v) is 4.34. The van der Waals surface area contributed by atoms with Crippen molar-refractivity contribution < 1.29 is 19.4 Å². The minimum Gasteiger partial charge on any atom is -0.507 e. The van der Waals surface area contributed by atoms with Crippen molar-refractivity contribution in [1.82, 2.24) is 0 Å². The zero-order valence-electron chi connectivity index (χ0n) is 17.6. The Balaban J connectivity index is 1.97. The van der Waals surface area contributed by atoms with Crippen LogP contribution >= 0.6 is 34.8 Å². The Labute approximate surface area is 205 Å². The van der Waals surface area contributed by atoms with E-state index in [9.17, 15) is 14.7 Å². The van der Waals surface area contributed by atoms with Gasteiger partial charge in [0.2, 0.25) is 0 Å². The molecule has 0 spiro atoms. The molecule has 3 aromatic rings. The van der Waals surface area contributed by atoms with Crippen molar-refractivity contribution in [3.63, 3.8) is 0 Å².